The summed E-state index contributed by atoms with van der Waals surface area (Å²) in [4.78, 5) is 12.6. The molecule has 3 aromatic carbocycles. The van der Waals surface area contributed by atoms with E-state index in [0.717, 1.165) is 11.1 Å². The lowest BCUT2D eigenvalue weighted by atomic mass is 10.1. The van der Waals surface area contributed by atoms with Crippen LogP contribution in [0.1, 0.15) is 27.0 Å². The molecule has 144 valence electrons. The summed E-state index contributed by atoms with van der Waals surface area (Å²) < 4.78 is 28.1. The summed E-state index contributed by atoms with van der Waals surface area (Å²) in [5.41, 5.74) is 2.72. The molecular weight excluding hydrogens is 372 g/mol. The van der Waals surface area contributed by atoms with E-state index in [1.165, 1.54) is 6.07 Å². The average Bonchev–Trinajstić information content (AvgIpc) is 2.72. The van der Waals surface area contributed by atoms with Crippen molar-refractivity contribution < 1.29 is 13.2 Å². The second-order valence-corrected chi connectivity index (χ2v) is 8.19. The first-order valence-corrected chi connectivity index (χ1v) is 10.4. The highest BCUT2D eigenvalue weighted by molar-refractivity contribution is 7.89. The van der Waals surface area contributed by atoms with Crippen LogP contribution in [0.4, 0.5) is 0 Å². The Morgan fingerprint density at radius 2 is 1.39 bits per heavy atom. The first kappa shape index (κ1) is 19.8. The van der Waals surface area contributed by atoms with E-state index < -0.39 is 10.0 Å². The number of rotatable bonds is 7. The molecule has 5 nitrogen and oxygen atoms in total. The van der Waals surface area contributed by atoms with Gasteiger partial charge in [0.2, 0.25) is 10.0 Å². The van der Waals surface area contributed by atoms with E-state index in [9.17, 15) is 13.2 Å². The van der Waals surface area contributed by atoms with E-state index in [0.29, 0.717) is 17.7 Å². The van der Waals surface area contributed by atoms with Gasteiger partial charge in [-0.1, -0.05) is 66.7 Å². The van der Waals surface area contributed by atoms with Crippen LogP contribution in [-0.4, -0.2) is 14.3 Å². The SMILES string of the molecule is Cc1ccc(C(=O)NCc2ccccc2)cc1S(=O)(=O)NCc1ccccc1. The number of benzene rings is 3. The number of carbonyl (C=O) groups excluding carboxylic acids is 1. The number of hydrogen-bond donors (Lipinski definition) is 2. The van der Waals surface area contributed by atoms with Crippen molar-refractivity contribution in [2.75, 3.05) is 0 Å². The molecule has 3 aromatic rings. The Bertz CT molecular complexity index is 1050. The predicted molar refractivity (Wildman–Crippen MR) is 109 cm³/mol. The first-order chi connectivity index (χ1) is 13.5. The van der Waals surface area contributed by atoms with E-state index in [2.05, 4.69) is 10.0 Å². The third-order valence-corrected chi connectivity index (χ3v) is 5.89. The lowest BCUT2D eigenvalue weighted by Gasteiger charge is -2.12. The maximum Gasteiger partial charge on any atom is 0.251 e. The molecule has 0 aliphatic rings. The van der Waals surface area contributed by atoms with E-state index in [-0.39, 0.29) is 17.3 Å². The lowest BCUT2D eigenvalue weighted by Crippen LogP contribution is -2.26. The highest BCUT2D eigenvalue weighted by atomic mass is 32.2. The fraction of sp³-hybridized carbons (Fsp3) is 0.136. The molecule has 0 atom stereocenters. The molecule has 0 saturated heterocycles. The standard InChI is InChI=1S/C22H22N2O3S/c1-17-12-13-20(22(25)23-15-18-8-4-2-5-9-18)14-21(17)28(26,27)24-16-19-10-6-3-7-11-19/h2-14,24H,15-16H2,1H3,(H,23,25). The third kappa shape index (κ3) is 5.06. The van der Waals surface area contributed by atoms with Gasteiger partial charge in [-0.25, -0.2) is 13.1 Å². The fourth-order valence-electron chi connectivity index (χ4n) is 2.76. The molecule has 0 radical (unpaired) electrons. The molecule has 0 spiro atoms. The minimum Gasteiger partial charge on any atom is -0.348 e. The minimum absolute atomic E-state index is 0.107. The van der Waals surface area contributed by atoms with Gasteiger partial charge in [0, 0.05) is 18.7 Å². The van der Waals surface area contributed by atoms with Gasteiger partial charge in [-0.05, 0) is 35.7 Å². The summed E-state index contributed by atoms with van der Waals surface area (Å²) >= 11 is 0. The summed E-state index contributed by atoms with van der Waals surface area (Å²) in [6.45, 7) is 2.28. The fourth-order valence-corrected chi connectivity index (χ4v) is 4.05. The van der Waals surface area contributed by atoms with E-state index in [1.54, 1.807) is 19.1 Å². The minimum atomic E-state index is -3.74. The third-order valence-electron chi connectivity index (χ3n) is 4.34. The Labute approximate surface area is 165 Å². The van der Waals surface area contributed by atoms with Crippen LogP contribution < -0.4 is 10.0 Å². The predicted octanol–water partition coefficient (Wildman–Crippen LogP) is 3.40. The van der Waals surface area contributed by atoms with Crippen LogP contribution in [0.5, 0.6) is 0 Å². The van der Waals surface area contributed by atoms with Gasteiger partial charge in [-0.2, -0.15) is 0 Å². The monoisotopic (exact) mass is 394 g/mol. The zero-order valence-corrected chi connectivity index (χ0v) is 16.4. The molecular formula is C22H22N2O3S. The van der Waals surface area contributed by atoms with Crippen LogP contribution in [0, 0.1) is 6.92 Å². The van der Waals surface area contributed by atoms with E-state index >= 15 is 0 Å². The van der Waals surface area contributed by atoms with Gasteiger partial charge in [0.05, 0.1) is 4.90 Å². The van der Waals surface area contributed by atoms with Crippen molar-refractivity contribution in [1.82, 2.24) is 10.0 Å². The van der Waals surface area contributed by atoms with Crippen molar-refractivity contribution in [2.45, 2.75) is 24.9 Å². The smallest absolute Gasteiger partial charge is 0.251 e. The van der Waals surface area contributed by atoms with E-state index in [4.69, 9.17) is 0 Å². The number of sulfonamides is 1. The molecule has 0 unspecified atom stereocenters. The van der Waals surface area contributed by atoms with Gasteiger partial charge in [0.25, 0.3) is 5.91 Å². The van der Waals surface area contributed by atoms with Gasteiger partial charge in [0.1, 0.15) is 0 Å². The molecule has 0 fully saturated rings. The number of nitrogens with one attached hydrogen (secondary N) is 2. The summed E-state index contributed by atoms with van der Waals surface area (Å²) in [5.74, 6) is -0.316. The lowest BCUT2D eigenvalue weighted by molar-refractivity contribution is 0.0950. The van der Waals surface area contributed by atoms with Gasteiger partial charge in [-0.15, -0.1) is 0 Å². The number of hydrogen-bond acceptors (Lipinski definition) is 3. The van der Waals surface area contributed by atoms with Crippen LogP contribution in [0.25, 0.3) is 0 Å². The zero-order chi connectivity index (χ0) is 20.0. The largest absolute Gasteiger partial charge is 0.348 e. The molecule has 0 aromatic heterocycles. The first-order valence-electron chi connectivity index (χ1n) is 8.92. The molecule has 1 amide bonds. The van der Waals surface area contributed by atoms with Crippen molar-refractivity contribution >= 4 is 15.9 Å². The van der Waals surface area contributed by atoms with Gasteiger partial charge in [-0.3, -0.25) is 4.79 Å². The second-order valence-electron chi connectivity index (χ2n) is 6.46. The van der Waals surface area contributed by atoms with Crippen LogP contribution in [0.2, 0.25) is 0 Å². The van der Waals surface area contributed by atoms with Crippen LogP contribution in [-0.2, 0) is 23.1 Å². The Hall–Kier alpha value is -2.96. The summed E-state index contributed by atoms with van der Waals surface area (Å²) in [5, 5.41) is 2.82. The maximum atomic E-state index is 12.7. The van der Waals surface area contributed by atoms with Crippen LogP contribution >= 0.6 is 0 Å². The Morgan fingerprint density at radius 1 is 0.821 bits per heavy atom. The van der Waals surface area contributed by atoms with Gasteiger partial charge >= 0.3 is 0 Å². The molecule has 0 bridgehead atoms. The van der Waals surface area contributed by atoms with E-state index in [1.807, 2.05) is 60.7 Å². The molecule has 6 heteroatoms. The highest BCUT2D eigenvalue weighted by Crippen LogP contribution is 2.18. The second kappa shape index (κ2) is 8.82. The number of aryl methyl sites for hydroxylation is 1. The average molecular weight is 394 g/mol. The molecule has 2 N–H and O–H groups in total. The Balaban J connectivity index is 1.73. The summed E-state index contributed by atoms with van der Waals surface area (Å²) in [7, 11) is -3.74. The van der Waals surface area contributed by atoms with Crippen molar-refractivity contribution in [2.24, 2.45) is 0 Å². The molecule has 3 rings (SSSR count). The van der Waals surface area contributed by atoms with Crippen LogP contribution in [0.3, 0.4) is 0 Å². The topological polar surface area (TPSA) is 75.3 Å². The summed E-state index contributed by atoms with van der Waals surface area (Å²) in [6, 6.07) is 23.5. The highest BCUT2D eigenvalue weighted by Gasteiger charge is 2.19. The number of carbonyl (C=O) groups is 1. The van der Waals surface area contributed by atoms with Crippen molar-refractivity contribution in [3.63, 3.8) is 0 Å². The molecule has 0 saturated carbocycles. The van der Waals surface area contributed by atoms with Crippen molar-refractivity contribution in [1.29, 1.82) is 0 Å². The molecule has 28 heavy (non-hydrogen) atoms. The quantitative estimate of drug-likeness (QED) is 0.645. The van der Waals surface area contributed by atoms with Crippen molar-refractivity contribution in [3.05, 3.63) is 101 Å². The van der Waals surface area contributed by atoms with Crippen molar-refractivity contribution in [3.8, 4) is 0 Å². The molecule has 0 aliphatic carbocycles. The normalized spacial score (nSPS) is 11.2. The van der Waals surface area contributed by atoms with Gasteiger partial charge < -0.3 is 5.32 Å². The summed E-state index contributed by atoms with van der Waals surface area (Å²) in [6.07, 6.45) is 0. The van der Waals surface area contributed by atoms with Gasteiger partial charge in [0.15, 0.2) is 0 Å². The molecule has 0 aliphatic heterocycles. The molecule has 0 heterocycles. The Morgan fingerprint density at radius 3 is 2.00 bits per heavy atom. The Kier molecular flexibility index (Phi) is 6.23. The zero-order valence-electron chi connectivity index (χ0n) is 15.6. The van der Waals surface area contributed by atoms with Crippen LogP contribution in [0.15, 0.2) is 83.8 Å². The maximum absolute atomic E-state index is 12.7. The number of amides is 1.